The molecule has 2 atom stereocenters. The number of likely N-dealkylation sites (tertiary alicyclic amines) is 1. The summed E-state index contributed by atoms with van der Waals surface area (Å²) in [5.74, 6) is 2.41. The maximum atomic E-state index is 12.7. The second kappa shape index (κ2) is 6.69. The van der Waals surface area contributed by atoms with Crippen molar-refractivity contribution < 1.29 is 9.53 Å². The van der Waals surface area contributed by atoms with Crippen LogP contribution in [0.3, 0.4) is 0 Å². The summed E-state index contributed by atoms with van der Waals surface area (Å²) in [6.45, 7) is 2.26. The van der Waals surface area contributed by atoms with E-state index in [1.807, 2.05) is 23.1 Å². The summed E-state index contributed by atoms with van der Waals surface area (Å²) in [5.41, 5.74) is 1.15. The number of ether oxygens (including phenoxy) is 1. The predicted molar refractivity (Wildman–Crippen MR) is 83.8 cm³/mol. The van der Waals surface area contributed by atoms with Crippen LogP contribution in [0.15, 0.2) is 24.3 Å². The van der Waals surface area contributed by atoms with Gasteiger partial charge in [0.1, 0.15) is 12.4 Å². The van der Waals surface area contributed by atoms with Crippen molar-refractivity contribution in [1.82, 2.24) is 4.90 Å². The first-order valence-corrected chi connectivity index (χ1v) is 8.37. The molecule has 0 aliphatic carbocycles. The van der Waals surface area contributed by atoms with Gasteiger partial charge in [-0.05, 0) is 43.2 Å². The van der Waals surface area contributed by atoms with Crippen molar-refractivity contribution in [1.29, 1.82) is 0 Å². The van der Waals surface area contributed by atoms with Gasteiger partial charge in [-0.3, -0.25) is 4.79 Å². The Morgan fingerprint density at radius 1 is 1.38 bits per heavy atom. The molecule has 1 amide bonds. The second-order valence-electron chi connectivity index (χ2n) is 6.09. The molecule has 2 aliphatic rings. The van der Waals surface area contributed by atoms with Crippen LogP contribution in [0, 0.1) is 11.8 Å². The highest BCUT2D eigenvalue weighted by atomic mass is 35.5. The Hall–Kier alpha value is -1.22. The lowest BCUT2D eigenvalue weighted by molar-refractivity contribution is -0.138. The minimum absolute atomic E-state index is 0.0327. The number of halogens is 1. The van der Waals surface area contributed by atoms with Gasteiger partial charge in [-0.2, -0.15) is 0 Å². The van der Waals surface area contributed by atoms with Crippen LogP contribution in [0.4, 0.5) is 0 Å². The Balaban J connectivity index is 1.63. The normalized spacial score (nSPS) is 25.1. The lowest BCUT2D eigenvalue weighted by atomic mass is 9.92. The van der Waals surface area contributed by atoms with E-state index in [0.29, 0.717) is 18.4 Å². The fourth-order valence-corrected chi connectivity index (χ4v) is 3.71. The Morgan fingerprint density at radius 2 is 2.24 bits per heavy atom. The van der Waals surface area contributed by atoms with E-state index in [4.69, 9.17) is 16.3 Å². The standard InChI is InChI=1S/C17H22ClNO2/c18-8-7-13-4-3-9-19(11-13)17(20)15-10-14-5-1-2-6-16(14)21-12-15/h1-2,5-6,13,15H,3-4,7-12H2. The summed E-state index contributed by atoms with van der Waals surface area (Å²) < 4.78 is 5.75. The number of para-hydroxylation sites is 1. The van der Waals surface area contributed by atoms with Crippen molar-refractivity contribution in [2.75, 3.05) is 25.6 Å². The SMILES string of the molecule is O=C(C1COc2ccccc2C1)N1CCCC(CCCl)C1. The molecular formula is C17H22ClNO2. The zero-order chi connectivity index (χ0) is 14.7. The molecule has 2 heterocycles. The highest BCUT2D eigenvalue weighted by Gasteiger charge is 2.31. The fraction of sp³-hybridized carbons (Fsp3) is 0.588. The highest BCUT2D eigenvalue weighted by molar-refractivity contribution is 6.17. The molecule has 0 spiro atoms. The smallest absolute Gasteiger partial charge is 0.229 e. The number of nitrogens with zero attached hydrogens (tertiary/aromatic N) is 1. The lowest BCUT2D eigenvalue weighted by Gasteiger charge is -2.36. The predicted octanol–water partition coefficient (Wildman–Crippen LogP) is 3.11. The lowest BCUT2D eigenvalue weighted by Crippen LogP contribution is -2.45. The number of alkyl halides is 1. The van der Waals surface area contributed by atoms with Gasteiger partial charge >= 0.3 is 0 Å². The number of fused-ring (bicyclic) bond motifs is 1. The minimum atomic E-state index is -0.0327. The average Bonchev–Trinajstić information content (AvgIpc) is 2.54. The first kappa shape index (κ1) is 14.7. The third kappa shape index (κ3) is 3.34. The second-order valence-corrected chi connectivity index (χ2v) is 6.47. The molecule has 114 valence electrons. The van der Waals surface area contributed by atoms with Gasteiger partial charge in [-0.15, -0.1) is 11.6 Å². The van der Waals surface area contributed by atoms with Gasteiger partial charge < -0.3 is 9.64 Å². The number of carbonyl (C=O) groups excluding carboxylic acids is 1. The minimum Gasteiger partial charge on any atom is -0.492 e. The van der Waals surface area contributed by atoms with Crippen molar-refractivity contribution in [2.24, 2.45) is 11.8 Å². The molecule has 0 saturated carbocycles. The van der Waals surface area contributed by atoms with Crippen LogP contribution >= 0.6 is 11.6 Å². The monoisotopic (exact) mass is 307 g/mol. The van der Waals surface area contributed by atoms with Gasteiger partial charge in [0.25, 0.3) is 0 Å². The van der Waals surface area contributed by atoms with Crippen LogP contribution in [-0.2, 0) is 11.2 Å². The van der Waals surface area contributed by atoms with E-state index in [1.165, 1.54) is 6.42 Å². The van der Waals surface area contributed by atoms with Crippen LogP contribution in [0.2, 0.25) is 0 Å². The number of amides is 1. The van der Waals surface area contributed by atoms with Crippen LogP contribution in [0.25, 0.3) is 0 Å². The van der Waals surface area contributed by atoms with E-state index in [1.54, 1.807) is 0 Å². The Morgan fingerprint density at radius 3 is 3.10 bits per heavy atom. The molecule has 3 rings (SSSR count). The van der Waals surface area contributed by atoms with E-state index in [2.05, 4.69) is 6.07 Å². The van der Waals surface area contributed by atoms with E-state index in [9.17, 15) is 4.79 Å². The number of rotatable bonds is 3. The van der Waals surface area contributed by atoms with Gasteiger partial charge in [-0.1, -0.05) is 18.2 Å². The van der Waals surface area contributed by atoms with Crippen LogP contribution in [0.1, 0.15) is 24.8 Å². The molecule has 0 N–H and O–H groups in total. The number of carbonyl (C=O) groups is 1. The zero-order valence-electron chi connectivity index (χ0n) is 12.3. The highest BCUT2D eigenvalue weighted by Crippen LogP contribution is 2.29. The summed E-state index contributed by atoms with van der Waals surface area (Å²) >= 11 is 5.84. The van der Waals surface area contributed by atoms with Crippen molar-refractivity contribution in [3.63, 3.8) is 0 Å². The molecule has 2 unspecified atom stereocenters. The molecule has 21 heavy (non-hydrogen) atoms. The Bertz CT molecular complexity index is 503. The van der Waals surface area contributed by atoms with Gasteiger partial charge in [0.05, 0.1) is 5.92 Å². The number of piperidine rings is 1. The third-order valence-electron chi connectivity index (χ3n) is 4.58. The fourth-order valence-electron chi connectivity index (χ4n) is 3.40. The topological polar surface area (TPSA) is 29.5 Å². The third-order valence-corrected chi connectivity index (χ3v) is 4.79. The number of hydrogen-bond acceptors (Lipinski definition) is 2. The van der Waals surface area contributed by atoms with Crippen LogP contribution in [-0.4, -0.2) is 36.4 Å². The maximum absolute atomic E-state index is 12.7. The zero-order valence-corrected chi connectivity index (χ0v) is 13.0. The van der Waals surface area contributed by atoms with E-state index in [-0.39, 0.29) is 11.8 Å². The number of hydrogen-bond donors (Lipinski definition) is 0. The van der Waals surface area contributed by atoms with E-state index < -0.39 is 0 Å². The molecule has 1 saturated heterocycles. The molecule has 1 aromatic rings. The van der Waals surface area contributed by atoms with E-state index >= 15 is 0 Å². The maximum Gasteiger partial charge on any atom is 0.229 e. The van der Waals surface area contributed by atoms with Crippen molar-refractivity contribution >= 4 is 17.5 Å². The van der Waals surface area contributed by atoms with Crippen molar-refractivity contribution in [3.8, 4) is 5.75 Å². The first-order chi connectivity index (χ1) is 10.3. The molecule has 4 heteroatoms. The summed E-state index contributed by atoms with van der Waals surface area (Å²) in [4.78, 5) is 14.8. The Kier molecular flexibility index (Phi) is 4.69. The summed E-state index contributed by atoms with van der Waals surface area (Å²) in [7, 11) is 0. The quantitative estimate of drug-likeness (QED) is 0.803. The molecule has 3 nitrogen and oxygen atoms in total. The molecule has 2 aliphatic heterocycles. The first-order valence-electron chi connectivity index (χ1n) is 7.83. The van der Waals surface area contributed by atoms with Gasteiger partial charge in [0.15, 0.2) is 0 Å². The van der Waals surface area contributed by atoms with E-state index in [0.717, 1.165) is 43.7 Å². The molecule has 1 fully saturated rings. The van der Waals surface area contributed by atoms with Crippen molar-refractivity contribution in [3.05, 3.63) is 29.8 Å². The van der Waals surface area contributed by atoms with Crippen LogP contribution in [0.5, 0.6) is 5.75 Å². The van der Waals surface area contributed by atoms with Gasteiger partial charge in [0, 0.05) is 19.0 Å². The summed E-state index contributed by atoms with van der Waals surface area (Å²) in [5, 5.41) is 0. The van der Waals surface area contributed by atoms with Gasteiger partial charge in [0.2, 0.25) is 5.91 Å². The molecular weight excluding hydrogens is 286 g/mol. The largest absolute Gasteiger partial charge is 0.492 e. The molecule has 0 aromatic heterocycles. The number of benzene rings is 1. The summed E-state index contributed by atoms with van der Waals surface area (Å²) in [6, 6.07) is 8.02. The molecule has 0 bridgehead atoms. The van der Waals surface area contributed by atoms with Crippen LogP contribution < -0.4 is 4.74 Å². The average molecular weight is 308 g/mol. The van der Waals surface area contributed by atoms with Gasteiger partial charge in [-0.25, -0.2) is 0 Å². The molecule has 0 radical (unpaired) electrons. The summed E-state index contributed by atoms with van der Waals surface area (Å²) in [6.07, 6.45) is 4.10. The Labute approximate surface area is 131 Å². The van der Waals surface area contributed by atoms with Crippen molar-refractivity contribution in [2.45, 2.75) is 25.7 Å². The molecule has 1 aromatic carbocycles.